The first-order valence-electron chi connectivity index (χ1n) is 4.81. The zero-order chi connectivity index (χ0) is 9.97. The lowest BCUT2D eigenvalue weighted by molar-refractivity contribution is 0.833. The number of anilines is 1. The second-order valence-electron chi connectivity index (χ2n) is 3.43. The van der Waals surface area contributed by atoms with Gasteiger partial charge in [0.25, 0.3) is 0 Å². The maximum absolute atomic E-state index is 5.80. The van der Waals surface area contributed by atoms with Gasteiger partial charge in [-0.25, -0.2) is 4.98 Å². The largest absolute Gasteiger partial charge is 0.346 e. The van der Waals surface area contributed by atoms with Gasteiger partial charge in [-0.15, -0.1) is 11.3 Å². The molecule has 2 rings (SSSR count). The lowest BCUT2D eigenvalue weighted by Gasteiger charge is -2.25. The summed E-state index contributed by atoms with van der Waals surface area (Å²) in [5.41, 5.74) is 5.80. The second-order valence-corrected chi connectivity index (χ2v) is 5.70. The number of rotatable bonds is 2. The molecule has 1 aliphatic heterocycles. The van der Waals surface area contributed by atoms with Gasteiger partial charge in [0.2, 0.25) is 0 Å². The molecule has 2 heterocycles. The van der Waals surface area contributed by atoms with Crippen molar-refractivity contribution >= 4 is 28.2 Å². The highest BCUT2D eigenvalue weighted by Gasteiger charge is 2.15. The van der Waals surface area contributed by atoms with Crippen molar-refractivity contribution in [2.75, 3.05) is 29.5 Å². The van der Waals surface area contributed by atoms with Crippen molar-refractivity contribution in [1.82, 2.24) is 4.98 Å². The van der Waals surface area contributed by atoms with Crippen molar-refractivity contribution in [3.8, 4) is 0 Å². The minimum Gasteiger partial charge on any atom is -0.346 e. The summed E-state index contributed by atoms with van der Waals surface area (Å²) in [6.45, 7) is 4.25. The van der Waals surface area contributed by atoms with Gasteiger partial charge in [0.1, 0.15) is 0 Å². The zero-order valence-electron chi connectivity index (χ0n) is 8.27. The fourth-order valence-electron chi connectivity index (χ4n) is 1.39. The number of hydrogen-bond donors (Lipinski definition) is 1. The standard InChI is InChI=1S/C9H15N3S2/c1-7(10)8-6-11-9(14-8)12-2-4-13-5-3-12/h6-7H,2-5,10H2,1H3. The lowest BCUT2D eigenvalue weighted by Crippen LogP contribution is -2.32. The molecule has 1 aromatic rings. The Morgan fingerprint density at radius 3 is 2.79 bits per heavy atom. The van der Waals surface area contributed by atoms with Crippen LogP contribution in [0.4, 0.5) is 5.13 Å². The summed E-state index contributed by atoms with van der Waals surface area (Å²) in [6, 6.07) is 0.111. The van der Waals surface area contributed by atoms with Crippen LogP contribution in [0.1, 0.15) is 17.8 Å². The first-order chi connectivity index (χ1) is 6.77. The first kappa shape index (κ1) is 10.3. The molecular formula is C9H15N3S2. The normalized spacial score (nSPS) is 19.7. The molecule has 0 aliphatic carbocycles. The molecule has 1 saturated heterocycles. The second kappa shape index (κ2) is 4.51. The van der Waals surface area contributed by atoms with E-state index in [1.54, 1.807) is 11.3 Å². The predicted octanol–water partition coefficient (Wildman–Crippen LogP) is 1.72. The van der Waals surface area contributed by atoms with E-state index in [0.29, 0.717) is 0 Å². The van der Waals surface area contributed by atoms with Crippen molar-refractivity contribution in [3.05, 3.63) is 11.1 Å². The fourth-order valence-corrected chi connectivity index (χ4v) is 3.21. The van der Waals surface area contributed by atoms with E-state index in [1.165, 1.54) is 16.4 Å². The van der Waals surface area contributed by atoms with Gasteiger partial charge < -0.3 is 10.6 Å². The van der Waals surface area contributed by atoms with E-state index >= 15 is 0 Å². The van der Waals surface area contributed by atoms with Gasteiger partial charge in [-0.3, -0.25) is 0 Å². The van der Waals surface area contributed by atoms with Crippen LogP contribution >= 0.6 is 23.1 Å². The summed E-state index contributed by atoms with van der Waals surface area (Å²) in [5, 5.41) is 1.14. The predicted molar refractivity (Wildman–Crippen MR) is 64.3 cm³/mol. The number of nitrogens with zero attached hydrogens (tertiary/aromatic N) is 2. The Balaban J connectivity index is 2.07. The quantitative estimate of drug-likeness (QED) is 0.838. The minimum atomic E-state index is 0.111. The van der Waals surface area contributed by atoms with Crippen LogP contribution < -0.4 is 10.6 Å². The van der Waals surface area contributed by atoms with Crippen molar-refractivity contribution < 1.29 is 0 Å². The highest BCUT2D eigenvalue weighted by Crippen LogP contribution is 2.27. The van der Waals surface area contributed by atoms with E-state index in [9.17, 15) is 0 Å². The Bertz CT molecular complexity index is 292. The monoisotopic (exact) mass is 229 g/mol. The number of hydrogen-bond acceptors (Lipinski definition) is 5. The van der Waals surface area contributed by atoms with Gasteiger partial charge in [-0.05, 0) is 6.92 Å². The third kappa shape index (κ3) is 2.21. The zero-order valence-corrected chi connectivity index (χ0v) is 9.90. The molecule has 14 heavy (non-hydrogen) atoms. The first-order valence-corrected chi connectivity index (χ1v) is 6.78. The minimum absolute atomic E-state index is 0.111. The van der Waals surface area contributed by atoms with Gasteiger partial charge in [0.05, 0.1) is 0 Å². The average molecular weight is 229 g/mol. The van der Waals surface area contributed by atoms with Crippen LogP contribution in [-0.2, 0) is 0 Å². The molecule has 0 spiro atoms. The van der Waals surface area contributed by atoms with Crippen molar-refractivity contribution in [3.63, 3.8) is 0 Å². The molecule has 1 aromatic heterocycles. The lowest BCUT2D eigenvalue weighted by atomic mass is 10.3. The third-order valence-electron chi connectivity index (χ3n) is 2.24. The number of thiazole rings is 1. The van der Waals surface area contributed by atoms with E-state index in [-0.39, 0.29) is 6.04 Å². The summed E-state index contributed by atoms with van der Waals surface area (Å²) < 4.78 is 0. The Hall–Kier alpha value is -0.260. The van der Waals surface area contributed by atoms with Gasteiger partial charge in [-0.2, -0.15) is 11.8 Å². The number of thioether (sulfide) groups is 1. The van der Waals surface area contributed by atoms with Crippen LogP contribution in [0.3, 0.4) is 0 Å². The van der Waals surface area contributed by atoms with E-state index in [2.05, 4.69) is 9.88 Å². The highest BCUT2D eigenvalue weighted by molar-refractivity contribution is 7.99. The van der Waals surface area contributed by atoms with Crippen LogP contribution in [0.5, 0.6) is 0 Å². The Labute approximate surface area is 92.7 Å². The maximum atomic E-state index is 5.80. The molecule has 2 N–H and O–H groups in total. The Kier molecular flexibility index (Phi) is 3.30. The number of nitrogens with two attached hydrogens (primary N) is 1. The van der Waals surface area contributed by atoms with Gasteiger partial charge >= 0.3 is 0 Å². The fraction of sp³-hybridized carbons (Fsp3) is 0.667. The Morgan fingerprint density at radius 1 is 1.50 bits per heavy atom. The summed E-state index contributed by atoms with van der Waals surface area (Å²) in [5.74, 6) is 2.43. The van der Waals surface area contributed by atoms with E-state index < -0.39 is 0 Å². The molecule has 1 unspecified atom stereocenters. The average Bonchev–Trinajstić information content (AvgIpc) is 2.68. The molecule has 0 saturated carbocycles. The van der Waals surface area contributed by atoms with Crippen LogP contribution in [0, 0.1) is 0 Å². The molecular weight excluding hydrogens is 214 g/mol. The van der Waals surface area contributed by atoms with E-state index in [1.807, 2.05) is 24.9 Å². The SMILES string of the molecule is CC(N)c1cnc(N2CCSCC2)s1. The molecule has 3 nitrogen and oxygen atoms in total. The summed E-state index contributed by atoms with van der Waals surface area (Å²) in [4.78, 5) is 7.95. The molecule has 0 radical (unpaired) electrons. The maximum Gasteiger partial charge on any atom is 0.185 e. The van der Waals surface area contributed by atoms with Crippen molar-refractivity contribution in [1.29, 1.82) is 0 Å². The van der Waals surface area contributed by atoms with E-state index in [4.69, 9.17) is 5.73 Å². The molecule has 5 heteroatoms. The molecule has 1 aliphatic rings. The number of aromatic nitrogens is 1. The van der Waals surface area contributed by atoms with E-state index in [0.717, 1.165) is 18.2 Å². The molecule has 0 bridgehead atoms. The van der Waals surface area contributed by atoms with Gasteiger partial charge in [0, 0.05) is 41.7 Å². The smallest absolute Gasteiger partial charge is 0.185 e. The van der Waals surface area contributed by atoms with Crippen molar-refractivity contribution in [2.24, 2.45) is 5.73 Å². The molecule has 0 amide bonds. The topological polar surface area (TPSA) is 42.1 Å². The van der Waals surface area contributed by atoms with Crippen molar-refractivity contribution in [2.45, 2.75) is 13.0 Å². The molecule has 1 fully saturated rings. The summed E-state index contributed by atoms with van der Waals surface area (Å²) in [6.07, 6.45) is 1.91. The van der Waals surface area contributed by atoms with Crippen LogP contribution in [-0.4, -0.2) is 29.6 Å². The van der Waals surface area contributed by atoms with Crippen LogP contribution in [0.25, 0.3) is 0 Å². The van der Waals surface area contributed by atoms with Crippen LogP contribution in [0.2, 0.25) is 0 Å². The highest BCUT2D eigenvalue weighted by atomic mass is 32.2. The summed E-state index contributed by atoms with van der Waals surface area (Å²) >= 11 is 3.74. The summed E-state index contributed by atoms with van der Waals surface area (Å²) in [7, 11) is 0. The third-order valence-corrected chi connectivity index (χ3v) is 4.44. The van der Waals surface area contributed by atoms with Crippen LogP contribution in [0.15, 0.2) is 6.20 Å². The molecule has 1 atom stereocenters. The van der Waals surface area contributed by atoms with Gasteiger partial charge in [-0.1, -0.05) is 0 Å². The molecule has 78 valence electrons. The Morgan fingerprint density at radius 2 is 2.21 bits per heavy atom. The molecule has 0 aromatic carbocycles. The van der Waals surface area contributed by atoms with Gasteiger partial charge in [0.15, 0.2) is 5.13 Å².